The first-order valence-electron chi connectivity index (χ1n) is 8.93. The van der Waals surface area contributed by atoms with E-state index in [1.807, 2.05) is 20.0 Å². The zero-order valence-corrected chi connectivity index (χ0v) is 15.6. The number of pyridine rings is 1. The fourth-order valence-electron chi connectivity index (χ4n) is 3.02. The zero-order chi connectivity index (χ0) is 19.0. The van der Waals surface area contributed by atoms with Gasteiger partial charge >= 0.3 is 0 Å². The van der Waals surface area contributed by atoms with Crippen molar-refractivity contribution in [1.82, 2.24) is 24.5 Å². The van der Waals surface area contributed by atoms with Crippen LogP contribution >= 0.6 is 0 Å². The van der Waals surface area contributed by atoms with E-state index in [1.165, 1.54) is 17.0 Å². The molecule has 4 rings (SSSR count). The highest BCUT2D eigenvalue weighted by Crippen LogP contribution is 2.46. The van der Waals surface area contributed by atoms with Gasteiger partial charge in [-0.05, 0) is 31.9 Å². The van der Waals surface area contributed by atoms with Crippen molar-refractivity contribution in [3.05, 3.63) is 64.4 Å². The van der Waals surface area contributed by atoms with E-state index in [9.17, 15) is 4.79 Å². The van der Waals surface area contributed by atoms with E-state index in [0.29, 0.717) is 41.4 Å². The molecule has 3 aromatic rings. The standard InChI is InChI=1S/C20H21N5O2/c1-12-4-5-17(22-8-12)15-6-14(15)10-27-20-16(9-21-13(2)24-20)18-7-19(26)25(3)11-23-18/h4-5,7-9,11,14-15H,6,10H2,1-3H3. The Bertz CT molecular complexity index is 1030. The summed E-state index contributed by atoms with van der Waals surface area (Å²) in [5, 5.41) is 0. The van der Waals surface area contributed by atoms with Gasteiger partial charge in [0.15, 0.2) is 0 Å². The minimum Gasteiger partial charge on any atom is -0.477 e. The lowest BCUT2D eigenvalue weighted by Crippen LogP contribution is -2.16. The van der Waals surface area contributed by atoms with Gasteiger partial charge < -0.3 is 9.30 Å². The Balaban J connectivity index is 1.51. The van der Waals surface area contributed by atoms with E-state index in [4.69, 9.17) is 4.74 Å². The molecule has 0 spiro atoms. The fraction of sp³-hybridized carbons (Fsp3) is 0.350. The quantitative estimate of drug-likeness (QED) is 0.692. The van der Waals surface area contributed by atoms with E-state index in [-0.39, 0.29) is 5.56 Å². The lowest BCUT2D eigenvalue weighted by atomic mass is 10.2. The van der Waals surface area contributed by atoms with Gasteiger partial charge in [-0.25, -0.2) is 9.97 Å². The van der Waals surface area contributed by atoms with Gasteiger partial charge in [0, 0.05) is 43.0 Å². The number of aryl methyl sites for hydroxylation is 3. The van der Waals surface area contributed by atoms with Gasteiger partial charge in [0.1, 0.15) is 5.82 Å². The number of ether oxygens (including phenoxy) is 1. The van der Waals surface area contributed by atoms with Gasteiger partial charge in [0.25, 0.3) is 5.56 Å². The van der Waals surface area contributed by atoms with Gasteiger partial charge in [0.2, 0.25) is 5.88 Å². The molecule has 2 atom stereocenters. The van der Waals surface area contributed by atoms with E-state index < -0.39 is 0 Å². The molecule has 0 radical (unpaired) electrons. The highest BCUT2D eigenvalue weighted by molar-refractivity contribution is 5.63. The van der Waals surface area contributed by atoms with Crippen LogP contribution in [0.3, 0.4) is 0 Å². The monoisotopic (exact) mass is 363 g/mol. The lowest BCUT2D eigenvalue weighted by molar-refractivity contribution is 0.285. The summed E-state index contributed by atoms with van der Waals surface area (Å²) < 4.78 is 7.43. The number of rotatable bonds is 5. The van der Waals surface area contributed by atoms with Crippen molar-refractivity contribution in [2.45, 2.75) is 26.2 Å². The van der Waals surface area contributed by atoms with Crippen molar-refractivity contribution in [2.24, 2.45) is 13.0 Å². The SMILES string of the molecule is Cc1ccc(C2CC2COc2nc(C)ncc2-c2cc(=O)n(C)cn2)nc1. The molecule has 1 aliphatic rings. The Morgan fingerprint density at radius 3 is 2.78 bits per heavy atom. The summed E-state index contributed by atoms with van der Waals surface area (Å²) in [5.74, 6) is 1.93. The fourth-order valence-corrected chi connectivity index (χ4v) is 3.02. The number of aromatic nitrogens is 5. The number of hydrogen-bond donors (Lipinski definition) is 0. The largest absolute Gasteiger partial charge is 0.477 e. The van der Waals surface area contributed by atoms with Crippen molar-refractivity contribution < 1.29 is 4.74 Å². The van der Waals surface area contributed by atoms with E-state index in [2.05, 4.69) is 32.1 Å². The molecule has 0 aliphatic heterocycles. The molecule has 7 nitrogen and oxygen atoms in total. The average Bonchev–Trinajstić information content (AvgIpc) is 3.43. The van der Waals surface area contributed by atoms with Crippen molar-refractivity contribution in [1.29, 1.82) is 0 Å². The summed E-state index contributed by atoms with van der Waals surface area (Å²) in [5.41, 5.74) is 3.28. The molecule has 27 heavy (non-hydrogen) atoms. The minimum atomic E-state index is -0.140. The van der Waals surface area contributed by atoms with Crippen LogP contribution in [-0.4, -0.2) is 31.1 Å². The topological polar surface area (TPSA) is 82.8 Å². The van der Waals surface area contributed by atoms with Gasteiger partial charge in [-0.15, -0.1) is 0 Å². The maximum Gasteiger partial charge on any atom is 0.253 e. The van der Waals surface area contributed by atoms with Crippen LogP contribution in [0.1, 0.15) is 29.4 Å². The molecule has 2 unspecified atom stereocenters. The maximum absolute atomic E-state index is 11.9. The summed E-state index contributed by atoms with van der Waals surface area (Å²) >= 11 is 0. The third kappa shape index (κ3) is 3.72. The predicted octanol–water partition coefficient (Wildman–Crippen LogP) is 2.43. The second kappa shape index (κ2) is 6.90. The average molecular weight is 363 g/mol. The summed E-state index contributed by atoms with van der Waals surface area (Å²) in [6.45, 7) is 4.40. The third-order valence-corrected chi connectivity index (χ3v) is 4.80. The second-order valence-electron chi connectivity index (χ2n) is 7.03. The predicted molar refractivity (Wildman–Crippen MR) is 101 cm³/mol. The first-order valence-corrected chi connectivity index (χ1v) is 8.93. The van der Waals surface area contributed by atoms with Crippen molar-refractivity contribution >= 4 is 0 Å². The summed E-state index contributed by atoms with van der Waals surface area (Å²) in [6.07, 6.45) is 6.10. The Kier molecular flexibility index (Phi) is 4.43. The number of hydrogen-bond acceptors (Lipinski definition) is 6. The normalized spacial score (nSPS) is 18.3. The molecule has 1 fully saturated rings. The highest BCUT2D eigenvalue weighted by Gasteiger charge is 2.40. The number of nitrogens with zero attached hydrogens (tertiary/aromatic N) is 5. The van der Waals surface area contributed by atoms with Crippen LogP contribution < -0.4 is 10.3 Å². The van der Waals surface area contributed by atoms with Gasteiger partial charge in [-0.2, -0.15) is 4.98 Å². The summed E-state index contributed by atoms with van der Waals surface area (Å²) in [4.78, 5) is 29.4. The van der Waals surface area contributed by atoms with Gasteiger partial charge in [-0.3, -0.25) is 9.78 Å². The molecule has 1 saturated carbocycles. The molecule has 0 saturated heterocycles. The smallest absolute Gasteiger partial charge is 0.253 e. The maximum atomic E-state index is 11.9. The molecule has 7 heteroatoms. The van der Waals surface area contributed by atoms with Crippen LogP contribution in [-0.2, 0) is 7.05 Å². The van der Waals surface area contributed by atoms with E-state index in [0.717, 1.165) is 17.7 Å². The van der Waals surface area contributed by atoms with Gasteiger partial charge in [0.05, 0.1) is 24.2 Å². The Morgan fingerprint density at radius 2 is 2.04 bits per heavy atom. The van der Waals surface area contributed by atoms with Crippen molar-refractivity contribution in [2.75, 3.05) is 6.61 Å². The molecule has 0 aromatic carbocycles. The van der Waals surface area contributed by atoms with Crippen LogP contribution in [0.4, 0.5) is 0 Å². The Morgan fingerprint density at radius 1 is 1.19 bits per heavy atom. The minimum absolute atomic E-state index is 0.140. The van der Waals surface area contributed by atoms with Crippen LogP contribution in [0.5, 0.6) is 5.88 Å². The summed E-state index contributed by atoms with van der Waals surface area (Å²) in [6, 6.07) is 5.65. The van der Waals surface area contributed by atoms with Crippen LogP contribution in [0.25, 0.3) is 11.3 Å². The molecule has 3 aromatic heterocycles. The van der Waals surface area contributed by atoms with Crippen LogP contribution in [0, 0.1) is 19.8 Å². The van der Waals surface area contributed by atoms with Crippen molar-refractivity contribution in [3.63, 3.8) is 0 Å². The van der Waals surface area contributed by atoms with Crippen molar-refractivity contribution in [3.8, 4) is 17.1 Å². The molecule has 0 bridgehead atoms. The lowest BCUT2D eigenvalue weighted by Gasteiger charge is -2.10. The molecular formula is C20H21N5O2. The second-order valence-corrected chi connectivity index (χ2v) is 7.03. The zero-order valence-electron chi connectivity index (χ0n) is 15.6. The molecule has 1 aliphatic carbocycles. The van der Waals surface area contributed by atoms with Crippen LogP contribution in [0.2, 0.25) is 0 Å². The highest BCUT2D eigenvalue weighted by atomic mass is 16.5. The van der Waals surface area contributed by atoms with E-state index >= 15 is 0 Å². The van der Waals surface area contributed by atoms with Gasteiger partial charge in [-0.1, -0.05) is 6.07 Å². The molecule has 0 amide bonds. The third-order valence-electron chi connectivity index (χ3n) is 4.80. The first-order chi connectivity index (χ1) is 13.0. The first kappa shape index (κ1) is 17.3. The Labute approximate surface area is 157 Å². The molecule has 0 N–H and O–H groups in total. The summed E-state index contributed by atoms with van der Waals surface area (Å²) in [7, 11) is 1.66. The molecule has 3 heterocycles. The van der Waals surface area contributed by atoms with Crippen LogP contribution in [0.15, 0.2) is 41.7 Å². The molecule has 138 valence electrons. The molecular weight excluding hydrogens is 342 g/mol. The Hall–Kier alpha value is -3.09. The van der Waals surface area contributed by atoms with E-state index in [1.54, 1.807) is 13.2 Å².